The number of ether oxygens (including phenoxy) is 2. The number of rotatable bonds is 17. The van der Waals surface area contributed by atoms with E-state index in [4.69, 9.17) is 53.2 Å². The number of halogens is 2. The molecule has 4 heterocycles. The van der Waals surface area contributed by atoms with Crippen molar-refractivity contribution in [2.45, 2.75) is 65.7 Å². The number of pyridine rings is 2. The van der Waals surface area contributed by atoms with Crippen molar-refractivity contribution < 1.29 is 35.9 Å². The molecule has 19 heteroatoms. The number of sulfonamides is 1. The van der Waals surface area contributed by atoms with Gasteiger partial charge in [0.2, 0.25) is 19.1 Å². The molecule has 0 bridgehead atoms. The molecule has 0 aliphatic carbocycles. The van der Waals surface area contributed by atoms with Crippen molar-refractivity contribution in [1.82, 2.24) is 24.5 Å². The van der Waals surface area contributed by atoms with Gasteiger partial charge in [-0.25, -0.2) is 16.8 Å². The summed E-state index contributed by atoms with van der Waals surface area (Å²) < 4.78 is 57.0. The lowest BCUT2D eigenvalue weighted by Gasteiger charge is -2.30. The van der Waals surface area contributed by atoms with Crippen molar-refractivity contribution >= 4 is 53.2 Å². The Bertz CT molecular complexity index is 2970. The molecule has 2 aromatic heterocycles. The summed E-state index contributed by atoms with van der Waals surface area (Å²) in [7, 11) is -2.03. The molecule has 0 unspecified atom stereocenters. The fraction of sp³-hybridized carbons (Fsp3) is 0.333. The summed E-state index contributed by atoms with van der Waals surface area (Å²) in [6.07, 6.45) is 3.37. The number of piperidine rings is 2. The SMILES string of the molecule is C.C=CS(=O)(=O)N1CCC(c2ccc(C(N)=O)c(-c3ccc(Oc4ccccc4)cc3)n2)CC1.CCN(CC)CC.NC(=O)c1ccc(C2CCNCC2)nc1-c1ccc(Oc2ccccc2)cc1.O=S(=O)(Cl)CCCl. The first-order valence-electron chi connectivity index (χ1n) is 24.8. The summed E-state index contributed by atoms with van der Waals surface area (Å²) in [6, 6.07) is 41.2. The largest absolute Gasteiger partial charge is 0.457 e. The molecule has 8 rings (SSSR count). The summed E-state index contributed by atoms with van der Waals surface area (Å²) in [6.45, 7) is 16.3. The number of carbonyl (C=O) groups is 2. The molecule has 2 aliphatic heterocycles. The first-order chi connectivity index (χ1) is 36.0. The van der Waals surface area contributed by atoms with Gasteiger partial charge in [-0.3, -0.25) is 19.6 Å². The molecule has 0 atom stereocenters. The van der Waals surface area contributed by atoms with Crippen molar-refractivity contribution in [3.63, 3.8) is 0 Å². The fourth-order valence-corrected chi connectivity index (χ4v) is 10.4. The van der Waals surface area contributed by atoms with E-state index in [0.717, 1.165) is 71.1 Å². The second kappa shape index (κ2) is 31.1. The highest BCUT2D eigenvalue weighted by molar-refractivity contribution is 8.13. The zero-order valence-electron chi connectivity index (χ0n) is 42.6. The Morgan fingerprint density at radius 2 is 1.03 bits per heavy atom. The molecular formula is C57H71Cl2N7O8S2. The Labute approximate surface area is 459 Å². The molecule has 76 heavy (non-hydrogen) atoms. The van der Waals surface area contributed by atoms with Crippen LogP contribution in [-0.4, -0.2) is 105 Å². The fourth-order valence-electron chi connectivity index (χ4n) is 8.24. The number of hydrogen-bond donors (Lipinski definition) is 3. The Morgan fingerprint density at radius 1 is 0.645 bits per heavy atom. The Balaban J connectivity index is 0.000000262. The van der Waals surface area contributed by atoms with Gasteiger partial charge in [-0.15, -0.1) is 11.6 Å². The molecule has 0 spiro atoms. The third-order valence-corrected chi connectivity index (χ3v) is 15.5. The van der Waals surface area contributed by atoms with Crippen molar-refractivity contribution in [3.05, 3.63) is 168 Å². The van der Waals surface area contributed by atoms with Gasteiger partial charge in [0.05, 0.1) is 28.3 Å². The van der Waals surface area contributed by atoms with Crippen LogP contribution in [0.3, 0.4) is 0 Å². The molecule has 2 aliphatic rings. The zero-order valence-corrected chi connectivity index (χ0v) is 45.8. The zero-order chi connectivity index (χ0) is 54.4. The van der Waals surface area contributed by atoms with Crippen LogP contribution in [0.1, 0.15) is 97.8 Å². The number of amides is 2. The number of nitrogens with one attached hydrogen (secondary N) is 1. The smallest absolute Gasteiger partial charge is 0.250 e. The summed E-state index contributed by atoms with van der Waals surface area (Å²) in [5.74, 6) is 2.27. The number of aromatic nitrogens is 2. The van der Waals surface area contributed by atoms with Crippen molar-refractivity contribution in [3.8, 4) is 45.5 Å². The number of hydrogen-bond acceptors (Lipinski definition) is 12. The third kappa shape index (κ3) is 19.4. The molecule has 0 saturated carbocycles. The van der Waals surface area contributed by atoms with E-state index in [1.807, 2.05) is 115 Å². The van der Waals surface area contributed by atoms with Gasteiger partial charge >= 0.3 is 0 Å². The van der Waals surface area contributed by atoms with Crippen LogP contribution in [0, 0.1) is 0 Å². The van der Waals surface area contributed by atoms with Gasteiger partial charge in [-0.05, 0) is 155 Å². The van der Waals surface area contributed by atoms with Crippen LogP contribution in [0.25, 0.3) is 22.5 Å². The minimum Gasteiger partial charge on any atom is -0.457 e. The van der Waals surface area contributed by atoms with Gasteiger partial charge in [0.25, 0.3) is 11.8 Å². The quantitative estimate of drug-likeness (QED) is 0.0574. The number of para-hydroxylation sites is 2. The number of primary amides is 2. The number of carbonyl (C=O) groups excluding carboxylic acids is 2. The maximum Gasteiger partial charge on any atom is 0.250 e. The van der Waals surface area contributed by atoms with Crippen LogP contribution in [-0.2, 0) is 19.1 Å². The molecule has 408 valence electrons. The van der Waals surface area contributed by atoms with Crippen LogP contribution in [0.2, 0.25) is 0 Å². The Kier molecular flexibility index (Phi) is 25.6. The van der Waals surface area contributed by atoms with Gasteiger partial charge < -0.3 is 31.2 Å². The van der Waals surface area contributed by atoms with E-state index >= 15 is 0 Å². The first-order valence-corrected chi connectivity index (χ1v) is 29.3. The average Bonchev–Trinajstić information content (AvgIpc) is 3.42. The summed E-state index contributed by atoms with van der Waals surface area (Å²) in [5, 5.41) is 4.35. The highest BCUT2D eigenvalue weighted by Crippen LogP contribution is 2.34. The number of nitrogens with two attached hydrogens (primary N) is 2. The predicted molar refractivity (Wildman–Crippen MR) is 307 cm³/mol. The summed E-state index contributed by atoms with van der Waals surface area (Å²) in [4.78, 5) is 36.0. The molecule has 5 N–H and O–H groups in total. The average molecular weight is 1120 g/mol. The van der Waals surface area contributed by atoms with E-state index in [9.17, 15) is 26.4 Å². The lowest BCUT2D eigenvalue weighted by atomic mass is 9.92. The van der Waals surface area contributed by atoms with E-state index in [1.54, 1.807) is 18.2 Å². The molecule has 2 amide bonds. The molecule has 2 fully saturated rings. The van der Waals surface area contributed by atoms with Gasteiger partial charge in [-0.2, -0.15) is 4.31 Å². The standard InChI is InChI=1S/C25H25N3O4S.C23H23N3O2.C6H15N.C2H4Cl2O2S.CH4/c1-2-33(30,31)28-16-14-18(15-17-28)23-13-12-22(25(26)29)24(27-23)19-8-10-21(11-9-19)32-20-6-4-3-5-7-20;24-23(27)20-10-11-21(16-12-14-25-15-13-16)26-22(20)17-6-8-19(9-7-17)28-18-4-2-1-3-5-18;1-4-7(5-2)6-3;3-1-2-7(4,5)6;/h2-13,18H,1,14-17H2,(H2,26,29);1-11,16,25H,12-15H2,(H2,24,27);4-6H2,1-3H3;1-2H2;1H4. The van der Waals surface area contributed by atoms with E-state index in [2.05, 4.69) is 37.6 Å². The Hall–Kier alpha value is -6.18. The third-order valence-electron chi connectivity index (χ3n) is 12.4. The van der Waals surface area contributed by atoms with Crippen molar-refractivity contribution in [2.75, 3.05) is 57.4 Å². The number of alkyl halides is 1. The monoisotopic (exact) mass is 1120 g/mol. The number of nitrogens with zero attached hydrogens (tertiary/aromatic N) is 4. The van der Waals surface area contributed by atoms with Gasteiger partial charge in [-0.1, -0.05) is 71.2 Å². The van der Waals surface area contributed by atoms with E-state index in [0.29, 0.717) is 60.1 Å². The van der Waals surface area contributed by atoms with Gasteiger partial charge in [0, 0.05) is 69.4 Å². The van der Waals surface area contributed by atoms with Crippen molar-refractivity contribution in [2.24, 2.45) is 11.5 Å². The topological polar surface area (TPSA) is 217 Å². The molecular weight excluding hydrogens is 1050 g/mol. The van der Waals surface area contributed by atoms with Crippen LogP contribution < -0.4 is 26.3 Å². The highest BCUT2D eigenvalue weighted by Gasteiger charge is 2.28. The minimum atomic E-state index is -3.42. The van der Waals surface area contributed by atoms with Crippen LogP contribution >= 0.6 is 22.3 Å². The molecule has 15 nitrogen and oxygen atoms in total. The van der Waals surface area contributed by atoms with Crippen LogP contribution in [0.15, 0.2) is 145 Å². The minimum absolute atomic E-state index is 0. The van der Waals surface area contributed by atoms with E-state index in [1.165, 1.54) is 23.9 Å². The second-order valence-electron chi connectivity index (χ2n) is 17.3. The molecule has 6 aromatic rings. The lowest BCUT2D eigenvalue weighted by Crippen LogP contribution is -2.36. The maximum absolute atomic E-state index is 12.1. The Morgan fingerprint density at radius 3 is 1.34 bits per heavy atom. The van der Waals surface area contributed by atoms with Crippen LogP contribution in [0.5, 0.6) is 23.0 Å². The summed E-state index contributed by atoms with van der Waals surface area (Å²) >= 11 is 5.02. The molecule has 2 saturated heterocycles. The second-order valence-corrected chi connectivity index (χ2v) is 22.5. The highest BCUT2D eigenvalue weighted by atomic mass is 35.7. The predicted octanol–water partition coefficient (Wildman–Crippen LogP) is 11.2. The lowest BCUT2D eigenvalue weighted by molar-refractivity contribution is 0.0992. The van der Waals surface area contributed by atoms with E-state index < -0.39 is 30.9 Å². The normalized spacial score (nSPS) is 14.0. The first kappa shape index (κ1) is 62.4. The van der Waals surface area contributed by atoms with Crippen LogP contribution in [0.4, 0.5) is 0 Å². The van der Waals surface area contributed by atoms with Gasteiger partial charge in [0.15, 0.2) is 0 Å². The number of benzene rings is 4. The maximum atomic E-state index is 12.1. The van der Waals surface area contributed by atoms with Crippen molar-refractivity contribution in [1.29, 1.82) is 0 Å². The van der Waals surface area contributed by atoms with E-state index in [-0.39, 0.29) is 25.0 Å². The molecule has 4 aromatic carbocycles. The van der Waals surface area contributed by atoms with Gasteiger partial charge in [0.1, 0.15) is 23.0 Å². The molecule has 0 radical (unpaired) electrons. The summed E-state index contributed by atoms with van der Waals surface area (Å²) in [5.41, 5.74) is 16.6.